The first kappa shape index (κ1) is 10.2. The van der Waals surface area contributed by atoms with Crippen molar-refractivity contribution in [1.82, 2.24) is 19.6 Å². The van der Waals surface area contributed by atoms with Gasteiger partial charge in [0.2, 0.25) is 0 Å². The molecule has 3 aromatic heterocycles. The van der Waals surface area contributed by atoms with Crippen molar-refractivity contribution in [2.75, 3.05) is 5.73 Å². The second-order valence-corrected chi connectivity index (χ2v) is 4.81. The van der Waals surface area contributed by atoms with Crippen LogP contribution in [0, 0.1) is 13.8 Å². The number of thiophene rings is 1. The molecule has 5 nitrogen and oxygen atoms in total. The molecule has 3 aromatic rings. The lowest BCUT2D eigenvalue weighted by Gasteiger charge is -2.03. The Balaban J connectivity index is 2.36. The predicted octanol–water partition coefficient (Wildman–Crippen LogP) is 2.05. The molecule has 86 valence electrons. The smallest absolute Gasteiger partial charge is 0.172 e. The summed E-state index contributed by atoms with van der Waals surface area (Å²) in [5.41, 5.74) is 8.57. The molecule has 0 radical (unpaired) electrons. The van der Waals surface area contributed by atoms with E-state index in [2.05, 4.69) is 15.2 Å². The van der Waals surface area contributed by atoms with Gasteiger partial charge in [-0.1, -0.05) is 0 Å². The minimum atomic E-state index is 0.749. The molecule has 0 unspecified atom stereocenters. The van der Waals surface area contributed by atoms with E-state index in [0.29, 0.717) is 0 Å². The molecule has 0 saturated carbocycles. The van der Waals surface area contributed by atoms with Gasteiger partial charge in [-0.05, 0) is 25.3 Å². The number of hydrogen-bond acceptors (Lipinski definition) is 5. The van der Waals surface area contributed by atoms with Crippen molar-refractivity contribution in [3.05, 3.63) is 29.0 Å². The van der Waals surface area contributed by atoms with Gasteiger partial charge in [0.25, 0.3) is 0 Å². The first-order valence-electron chi connectivity index (χ1n) is 5.19. The molecule has 2 N–H and O–H groups in total. The number of fused-ring (bicyclic) bond motifs is 1. The summed E-state index contributed by atoms with van der Waals surface area (Å²) in [6.07, 6.45) is 0. The fraction of sp³-hybridized carbons (Fsp3) is 0.182. The van der Waals surface area contributed by atoms with Crippen LogP contribution in [-0.4, -0.2) is 19.6 Å². The van der Waals surface area contributed by atoms with Crippen LogP contribution in [0.15, 0.2) is 17.5 Å². The average Bonchev–Trinajstić information content (AvgIpc) is 2.83. The molecular formula is C11H11N5S. The van der Waals surface area contributed by atoms with E-state index in [0.717, 1.165) is 33.6 Å². The van der Waals surface area contributed by atoms with E-state index in [-0.39, 0.29) is 0 Å². The Bertz CT molecular complexity index is 697. The summed E-state index contributed by atoms with van der Waals surface area (Å²) in [6, 6.07) is 3.86. The van der Waals surface area contributed by atoms with E-state index in [9.17, 15) is 0 Å². The van der Waals surface area contributed by atoms with Gasteiger partial charge in [0.15, 0.2) is 11.5 Å². The number of aromatic nitrogens is 4. The lowest BCUT2D eigenvalue weighted by atomic mass is 10.3. The number of nitrogens with two attached hydrogens (primary N) is 1. The van der Waals surface area contributed by atoms with Crippen molar-refractivity contribution in [2.45, 2.75) is 13.8 Å². The summed E-state index contributed by atoms with van der Waals surface area (Å²) < 4.78 is 1.92. The summed E-state index contributed by atoms with van der Waals surface area (Å²) in [5.74, 6) is 1.62. The number of hydrogen-bond donors (Lipinski definition) is 1. The Morgan fingerprint density at radius 3 is 2.82 bits per heavy atom. The van der Waals surface area contributed by atoms with Crippen LogP contribution in [0.5, 0.6) is 0 Å². The number of nitrogen functional groups attached to an aromatic ring is 1. The molecule has 0 spiro atoms. The highest BCUT2D eigenvalue weighted by Crippen LogP contribution is 2.29. The molecule has 17 heavy (non-hydrogen) atoms. The molecule has 0 aliphatic heterocycles. The maximum Gasteiger partial charge on any atom is 0.172 e. The van der Waals surface area contributed by atoms with Crippen molar-refractivity contribution in [3.63, 3.8) is 0 Å². The second kappa shape index (κ2) is 3.53. The molecule has 0 atom stereocenters. The zero-order valence-corrected chi connectivity index (χ0v) is 10.3. The summed E-state index contributed by atoms with van der Waals surface area (Å²) in [4.78, 5) is 4.42. The zero-order valence-electron chi connectivity index (χ0n) is 9.51. The predicted molar refractivity (Wildman–Crippen MR) is 68.0 cm³/mol. The molecule has 0 bridgehead atoms. The largest absolute Gasteiger partial charge is 0.390 e. The third-order valence-electron chi connectivity index (χ3n) is 2.62. The fourth-order valence-electron chi connectivity index (χ4n) is 1.91. The lowest BCUT2D eigenvalue weighted by Crippen LogP contribution is -1.99. The van der Waals surface area contributed by atoms with Gasteiger partial charge in [-0.15, -0.1) is 21.5 Å². The van der Waals surface area contributed by atoms with Gasteiger partial charge in [0.05, 0.1) is 10.6 Å². The maximum atomic E-state index is 5.92. The van der Waals surface area contributed by atoms with E-state index in [1.165, 1.54) is 11.3 Å². The lowest BCUT2D eigenvalue weighted by molar-refractivity contribution is 0.962. The number of nitrogens with zero attached hydrogens (tertiary/aromatic N) is 4. The maximum absolute atomic E-state index is 5.92. The van der Waals surface area contributed by atoms with Gasteiger partial charge >= 0.3 is 0 Å². The Kier molecular flexibility index (Phi) is 2.12. The normalized spacial score (nSPS) is 11.2. The van der Waals surface area contributed by atoms with Crippen LogP contribution in [0.2, 0.25) is 0 Å². The molecule has 0 amide bonds. The molecular weight excluding hydrogens is 234 g/mol. The monoisotopic (exact) mass is 245 g/mol. The van der Waals surface area contributed by atoms with Crippen molar-refractivity contribution < 1.29 is 0 Å². The topological polar surface area (TPSA) is 69.1 Å². The van der Waals surface area contributed by atoms with Gasteiger partial charge in [-0.2, -0.15) is 0 Å². The molecule has 0 aliphatic carbocycles. The van der Waals surface area contributed by atoms with Crippen LogP contribution in [-0.2, 0) is 0 Å². The van der Waals surface area contributed by atoms with Crippen LogP contribution in [0.4, 0.5) is 5.00 Å². The summed E-state index contributed by atoms with van der Waals surface area (Å²) in [6.45, 7) is 3.88. The first-order chi connectivity index (χ1) is 8.16. The van der Waals surface area contributed by atoms with Crippen LogP contribution < -0.4 is 5.73 Å². The minimum absolute atomic E-state index is 0.749. The van der Waals surface area contributed by atoms with Crippen LogP contribution in [0.3, 0.4) is 0 Å². The highest BCUT2D eigenvalue weighted by atomic mass is 32.1. The van der Waals surface area contributed by atoms with Gasteiger partial charge in [0, 0.05) is 11.8 Å². The van der Waals surface area contributed by atoms with Crippen LogP contribution in [0.1, 0.15) is 11.5 Å². The van der Waals surface area contributed by atoms with Crippen LogP contribution in [0.25, 0.3) is 17.0 Å². The average molecular weight is 245 g/mol. The number of aryl methyl sites for hydroxylation is 2. The molecule has 3 rings (SSSR count). The van der Waals surface area contributed by atoms with Crippen molar-refractivity contribution in [2.24, 2.45) is 0 Å². The van der Waals surface area contributed by atoms with Gasteiger partial charge in [0.1, 0.15) is 5.82 Å². The minimum Gasteiger partial charge on any atom is -0.390 e. The van der Waals surface area contributed by atoms with Gasteiger partial charge in [-0.3, -0.25) is 4.40 Å². The van der Waals surface area contributed by atoms with E-state index < -0.39 is 0 Å². The number of anilines is 1. The summed E-state index contributed by atoms with van der Waals surface area (Å²) >= 11 is 1.50. The van der Waals surface area contributed by atoms with E-state index in [1.807, 2.05) is 35.8 Å². The van der Waals surface area contributed by atoms with E-state index >= 15 is 0 Å². The third kappa shape index (κ3) is 1.49. The Morgan fingerprint density at radius 1 is 1.29 bits per heavy atom. The third-order valence-corrected chi connectivity index (χ3v) is 3.37. The molecule has 6 heteroatoms. The first-order valence-corrected chi connectivity index (χ1v) is 6.07. The van der Waals surface area contributed by atoms with Crippen molar-refractivity contribution >= 4 is 22.0 Å². The summed E-state index contributed by atoms with van der Waals surface area (Å²) in [5, 5.41) is 11.1. The van der Waals surface area contributed by atoms with Crippen molar-refractivity contribution in [3.8, 4) is 11.4 Å². The zero-order chi connectivity index (χ0) is 12.0. The quantitative estimate of drug-likeness (QED) is 0.712. The molecule has 3 heterocycles. The molecule has 0 saturated heterocycles. The van der Waals surface area contributed by atoms with Gasteiger partial charge < -0.3 is 5.73 Å². The Hall–Kier alpha value is -1.95. The molecule has 0 aromatic carbocycles. The Labute approximate surface area is 102 Å². The standard InChI is InChI=1S/C11H11N5S/c1-6-5-9-14-15-11(16(9)7(2)13-6)8-3-4-17-10(8)12/h3-5H,12H2,1-2H3. The second-order valence-electron chi connectivity index (χ2n) is 3.86. The molecule has 0 fully saturated rings. The van der Waals surface area contributed by atoms with Crippen LogP contribution >= 0.6 is 11.3 Å². The highest BCUT2D eigenvalue weighted by molar-refractivity contribution is 7.14. The highest BCUT2D eigenvalue weighted by Gasteiger charge is 2.14. The van der Waals surface area contributed by atoms with E-state index in [4.69, 9.17) is 5.73 Å². The SMILES string of the molecule is Cc1cc2nnc(-c3ccsc3N)n2c(C)n1. The van der Waals surface area contributed by atoms with Gasteiger partial charge in [-0.25, -0.2) is 4.98 Å². The van der Waals surface area contributed by atoms with Crippen molar-refractivity contribution in [1.29, 1.82) is 0 Å². The Morgan fingerprint density at radius 2 is 2.12 bits per heavy atom. The molecule has 0 aliphatic rings. The number of rotatable bonds is 1. The van der Waals surface area contributed by atoms with E-state index in [1.54, 1.807) is 0 Å². The fourth-order valence-corrected chi connectivity index (χ4v) is 2.55. The summed E-state index contributed by atoms with van der Waals surface area (Å²) in [7, 11) is 0.